The molecule has 1 atom stereocenters. The Morgan fingerprint density at radius 2 is 1.89 bits per heavy atom. The summed E-state index contributed by atoms with van der Waals surface area (Å²) in [4.78, 5) is 14.4. The molecule has 1 unspecified atom stereocenters. The van der Waals surface area contributed by atoms with E-state index >= 15 is 0 Å². The Kier molecular flexibility index (Phi) is 5.64. The van der Waals surface area contributed by atoms with E-state index in [1.807, 2.05) is 4.90 Å². The molecule has 4 nitrogen and oxygen atoms in total. The topological polar surface area (TPSA) is 66.6 Å². The van der Waals surface area contributed by atoms with Crippen molar-refractivity contribution in [1.29, 1.82) is 0 Å². The summed E-state index contributed by atoms with van der Waals surface area (Å²) in [6, 6.07) is 0.357. The lowest BCUT2D eigenvalue weighted by Gasteiger charge is -2.34. The molecule has 19 heavy (non-hydrogen) atoms. The van der Waals surface area contributed by atoms with Crippen molar-refractivity contribution in [3.63, 3.8) is 0 Å². The molecule has 1 aliphatic carbocycles. The van der Waals surface area contributed by atoms with Gasteiger partial charge in [-0.15, -0.1) is 0 Å². The number of nitrogens with zero attached hydrogens (tertiary/aromatic N) is 1. The minimum absolute atomic E-state index is 0.243. The molecule has 2 rings (SSSR count). The third-order valence-corrected chi connectivity index (χ3v) is 4.76. The number of rotatable bonds is 4. The first-order valence-corrected chi connectivity index (χ1v) is 7.83. The molecule has 0 aromatic heterocycles. The van der Waals surface area contributed by atoms with E-state index in [0.717, 1.165) is 58.0 Å². The zero-order valence-corrected chi connectivity index (χ0v) is 11.9. The normalized spacial score (nSPS) is 32.3. The number of carbonyl (C=O) groups excluding carboxylic acids is 1. The van der Waals surface area contributed by atoms with Crippen LogP contribution < -0.4 is 5.73 Å². The largest absolute Gasteiger partial charge is 0.396 e. The summed E-state index contributed by atoms with van der Waals surface area (Å²) in [6.07, 6.45) is 8.16. The predicted octanol–water partition coefficient (Wildman–Crippen LogP) is 1.51. The Bertz CT molecular complexity index is 286. The Balaban J connectivity index is 1.76. The Morgan fingerprint density at radius 1 is 1.16 bits per heavy atom. The zero-order chi connectivity index (χ0) is 13.7. The van der Waals surface area contributed by atoms with Crippen LogP contribution in [0.5, 0.6) is 0 Å². The second kappa shape index (κ2) is 7.25. The van der Waals surface area contributed by atoms with Crippen LogP contribution in [0.3, 0.4) is 0 Å². The van der Waals surface area contributed by atoms with Crippen LogP contribution in [0.1, 0.15) is 51.4 Å². The number of likely N-dealkylation sites (tertiary alicyclic amines) is 1. The number of aliphatic hydroxyl groups is 1. The lowest BCUT2D eigenvalue weighted by molar-refractivity contribution is -0.134. The van der Waals surface area contributed by atoms with Gasteiger partial charge in [-0.2, -0.15) is 0 Å². The van der Waals surface area contributed by atoms with E-state index in [4.69, 9.17) is 10.8 Å². The second-order valence-corrected chi connectivity index (χ2v) is 6.35. The fourth-order valence-electron chi connectivity index (χ4n) is 3.48. The van der Waals surface area contributed by atoms with Gasteiger partial charge in [0, 0.05) is 32.2 Å². The van der Waals surface area contributed by atoms with E-state index in [0.29, 0.717) is 30.2 Å². The second-order valence-electron chi connectivity index (χ2n) is 6.35. The van der Waals surface area contributed by atoms with Gasteiger partial charge in [-0.25, -0.2) is 0 Å². The molecule has 3 N–H and O–H groups in total. The van der Waals surface area contributed by atoms with Crippen molar-refractivity contribution in [3.05, 3.63) is 0 Å². The highest BCUT2D eigenvalue weighted by molar-refractivity contribution is 5.76. The van der Waals surface area contributed by atoms with Crippen LogP contribution in [0.15, 0.2) is 0 Å². The van der Waals surface area contributed by atoms with Crippen LogP contribution >= 0.6 is 0 Å². The monoisotopic (exact) mass is 268 g/mol. The van der Waals surface area contributed by atoms with Gasteiger partial charge in [0.25, 0.3) is 0 Å². The molecule has 2 fully saturated rings. The average Bonchev–Trinajstić information content (AvgIpc) is 2.42. The van der Waals surface area contributed by atoms with Crippen molar-refractivity contribution in [2.75, 3.05) is 19.7 Å². The quantitative estimate of drug-likeness (QED) is 0.812. The summed E-state index contributed by atoms with van der Waals surface area (Å²) in [5.41, 5.74) is 5.90. The van der Waals surface area contributed by atoms with Gasteiger partial charge in [0.05, 0.1) is 0 Å². The smallest absolute Gasteiger partial charge is 0.222 e. The average molecular weight is 268 g/mol. The van der Waals surface area contributed by atoms with E-state index in [-0.39, 0.29) is 6.61 Å². The molecule has 1 amide bonds. The van der Waals surface area contributed by atoms with Crippen LogP contribution in [-0.2, 0) is 4.79 Å². The maximum atomic E-state index is 12.3. The minimum atomic E-state index is 0.243. The standard InChI is InChI=1S/C15H28N2O2/c16-14-5-3-12(4-6-14)10-15(19)17-8-1-2-13(11-17)7-9-18/h12-14,18H,1-11,16H2. The third kappa shape index (κ3) is 4.46. The van der Waals surface area contributed by atoms with Gasteiger partial charge < -0.3 is 15.7 Å². The van der Waals surface area contributed by atoms with Crippen molar-refractivity contribution in [2.45, 2.75) is 57.4 Å². The third-order valence-electron chi connectivity index (χ3n) is 4.76. The van der Waals surface area contributed by atoms with Crippen molar-refractivity contribution < 1.29 is 9.90 Å². The van der Waals surface area contributed by atoms with Crippen LogP contribution in [0.4, 0.5) is 0 Å². The molecule has 1 saturated carbocycles. The first-order valence-electron chi connectivity index (χ1n) is 7.83. The summed E-state index contributed by atoms with van der Waals surface area (Å²) < 4.78 is 0. The van der Waals surface area contributed by atoms with Crippen LogP contribution in [0.25, 0.3) is 0 Å². The van der Waals surface area contributed by atoms with Crippen LogP contribution in [0.2, 0.25) is 0 Å². The lowest BCUT2D eigenvalue weighted by atomic mass is 9.84. The fraction of sp³-hybridized carbons (Fsp3) is 0.933. The van der Waals surface area contributed by atoms with E-state index in [1.165, 1.54) is 0 Å². The molecule has 0 radical (unpaired) electrons. The number of piperidine rings is 1. The Labute approximate surface area is 116 Å². The van der Waals surface area contributed by atoms with E-state index < -0.39 is 0 Å². The molecule has 4 heteroatoms. The van der Waals surface area contributed by atoms with E-state index in [2.05, 4.69) is 0 Å². The zero-order valence-electron chi connectivity index (χ0n) is 11.9. The van der Waals surface area contributed by atoms with Crippen LogP contribution in [0, 0.1) is 11.8 Å². The van der Waals surface area contributed by atoms with Gasteiger partial charge in [0.1, 0.15) is 0 Å². The first-order chi connectivity index (χ1) is 9.19. The fourth-order valence-corrected chi connectivity index (χ4v) is 3.48. The number of amides is 1. The van der Waals surface area contributed by atoms with Crippen molar-refractivity contribution in [1.82, 2.24) is 4.90 Å². The number of aliphatic hydroxyl groups excluding tert-OH is 1. The molecule has 2 aliphatic rings. The SMILES string of the molecule is NC1CCC(CC(=O)N2CCCC(CCO)C2)CC1. The minimum Gasteiger partial charge on any atom is -0.396 e. The van der Waals surface area contributed by atoms with Crippen LogP contribution in [-0.4, -0.2) is 41.7 Å². The molecule has 0 bridgehead atoms. The summed E-state index contributed by atoms with van der Waals surface area (Å²) >= 11 is 0. The summed E-state index contributed by atoms with van der Waals surface area (Å²) in [6.45, 7) is 2.01. The highest BCUT2D eigenvalue weighted by Gasteiger charge is 2.26. The molecule has 0 aromatic carbocycles. The van der Waals surface area contributed by atoms with Gasteiger partial charge in [-0.05, 0) is 56.8 Å². The molecule has 0 spiro atoms. The van der Waals surface area contributed by atoms with Gasteiger partial charge in [0.2, 0.25) is 5.91 Å². The molecule has 0 aromatic rings. The van der Waals surface area contributed by atoms with Gasteiger partial charge in [-0.3, -0.25) is 4.79 Å². The highest BCUT2D eigenvalue weighted by Crippen LogP contribution is 2.27. The summed E-state index contributed by atoms with van der Waals surface area (Å²) in [5, 5.41) is 9.01. The molecule has 1 aliphatic heterocycles. The molecular weight excluding hydrogens is 240 g/mol. The highest BCUT2D eigenvalue weighted by atomic mass is 16.3. The van der Waals surface area contributed by atoms with Crippen molar-refractivity contribution in [3.8, 4) is 0 Å². The van der Waals surface area contributed by atoms with E-state index in [1.54, 1.807) is 0 Å². The van der Waals surface area contributed by atoms with Gasteiger partial charge in [-0.1, -0.05) is 0 Å². The molecular formula is C15H28N2O2. The number of carbonyl (C=O) groups is 1. The van der Waals surface area contributed by atoms with Crippen molar-refractivity contribution >= 4 is 5.91 Å². The Hall–Kier alpha value is -0.610. The van der Waals surface area contributed by atoms with Gasteiger partial charge >= 0.3 is 0 Å². The maximum Gasteiger partial charge on any atom is 0.222 e. The number of nitrogens with two attached hydrogens (primary N) is 1. The summed E-state index contributed by atoms with van der Waals surface area (Å²) in [7, 11) is 0. The maximum absolute atomic E-state index is 12.3. The predicted molar refractivity (Wildman–Crippen MR) is 75.6 cm³/mol. The first kappa shape index (κ1) is 14.8. The molecule has 110 valence electrons. The number of hydrogen-bond acceptors (Lipinski definition) is 3. The lowest BCUT2D eigenvalue weighted by Crippen LogP contribution is -2.41. The Morgan fingerprint density at radius 3 is 2.58 bits per heavy atom. The number of hydrogen-bond donors (Lipinski definition) is 2. The van der Waals surface area contributed by atoms with Crippen molar-refractivity contribution in [2.24, 2.45) is 17.6 Å². The molecule has 1 saturated heterocycles. The van der Waals surface area contributed by atoms with E-state index in [9.17, 15) is 4.79 Å². The molecule has 1 heterocycles. The van der Waals surface area contributed by atoms with Gasteiger partial charge in [0.15, 0.2) is 0 Å². The summed E-state index contributed by atoms with van der Waals surface area (Å²) in [5.74, 6) is 1.37.